The van der Waals surface area contributed by atoms with E-state index >= 15 is 0 Å². The van der Waals surface area contributed by atoms with E-state index in [2.05, 4.69) is 24.5 Å². The lowest BCUT2D eigenvalue weighted by molar-refractivity contribution is 0.231. The van der Waals surface area contributed by atoms with E-state index in [9.17, 15) is 0 Å². The van der Waals surface area contributed by atoms with E-state index in [-0.39, 0.29) is 0 Å². The lowest BCUT2D eigenvalue weighted by atomic mass is 10.1. The molecular weight excluding hydrogens is 302 g/mol. The van der Waals surface area contributed by atoms with Gasteiger partial charge in [-0.2, -0.15) is 4.37 Å². The number of thiazole rings is 1. The third kappa shape index (κ3) is 2.33. The Hall–Kier alpha value is -1.18. The molecule has 0 aliphatic carbocycles. The van der Waals surface area contributed by atoms with Crippen molar-refractivity contribution in [3.8, 4) is 10.6 Å². The average molecular weight is 321 g/mol. The van der Waals surface area contributed by atoms with Crippen LogP contribution < -0.4 is 10.6 Å². The molecule has 5 nitrogen and oxygen atoms in total. The lowest BCUT2D eigenvalue weighted by Crippen LogP contribution is -2.50. The molecule has 0 radical (unpaired) electrons. The van der Waals surface area contributed by atoms with Gasteiger partial charge < -0.3 is 10.6 Å². The highest BCUT2D eigenvalue weighted by Crippen LogP contribution is 2.41. The summed E-state index contributed by atoms with van der Waals surface area (Å²) in [5, 5.41) is 4.28. The van der Waals surface area contributed by atoms with Crippen molar-refractivity contribution in [1.82, 2.24) is 14.3 Å². The molecule has 1 atom stereocenters. The van der Waals surface area contributed by atoms with Crippen molar-refractivity contribution in [2.75, 3.05) is 36.8 Å². The smallest absolute Gasteiger partial charge is 0.149 e. The van der Waals surface area contributed by atoms with Crippen LogP contribution in [0.1, 0.15) is 18.5 Å². The summed E-state index contributed by atoms with van der Waals surface area (Å²) in [5.74, 6) is 0.623. The second-order valence-corrected chi connectivity index (χ2v) is 7.43. The van der Waals surface area contributed by atoms with E-state index in [1.54, 1.807) is 11.3 Å². The monoisotopic (exact) mass is 321 g/mol. The van der Waals surface area contributed by atoms with Crippen LogP contribution in [0.2, 0.25) is 0 Å². The molecule has 2 aliphatic heterocycles. The van der Waals surface area contributed by atoms with Crippen LogP contribution in [-0.2, 0) is 0 Å². The maximum absolute atomic E-state index is 6.13. The van der Waals surface area contributed by atoms with Gasteiger partial charge in [0.25, 0.3) is 0 Å². The summed E-state index contributed by atoms with van der Waals surface area (Å²) in [6.07, 6.45) is 2.65. The van der Waals surface area contributed by atoms with E-state index in [1.807, 2.05) is 6.92 Å². The largest absolute Gasteiger partial charge is 0.382 e. The molecule has 0 bridgehead atoms. The third-order valence-electron chi connectivity index (χ3n) is 4.41. The highest BCUT2D eigenvalue weighted by Gasteiger charge is 2.33. The first kappa shape index (κ1) is 13.5. The number of fused-ring (bicyclic) bond motifs is 1. The van der Waals surface area contributed by atoms with E-state index in [1.165, 1.54) is 35.9 Å². The average Bonchev–Trinajstić information content (AvgIpc) is 3.17. The molecule has 2 fully saturated rings. The van der Waals surface area contributed by atoms with Crippen LogP contribution in [0.5, 0.6) is 0 Å². The van der Waals surface area contributed by atoms with Crippen LogP contribution in [-0.4, -0.2) is 46.5 Å². The lowest BCUT2D eigenvalue weighted by Gasteiger charge is -2.38. The topological polar surface area (TPSA) is 58.3 Å². The fourth-order valence-corrected chi connectivity index (χ4v) is 5.12. The summed E-state index contributed by atoms with van der Waals surface area (Å²) in [5.41, 5.74) is 8.22. The molecule has 1 unspecified atom stereocenters. The van der Waals surface area contributed by atoms with Gasteiger partial charge in [0.15, 0.2) is 0 Å². The number of hydrogen-bond donors (Lipinski definition) is 1. The van der Waals surface area contributed by atoms with Gasteiger partial charge in [0.2, 0.25) is 0 Å². The zero-order valence-corrected chi connectivity index (χ0v) is 13.7. The normalized spacial score (nSPS) is 22.7. The number of nitrogens with zero attached hydrogens (tertiary/aromatic N) is 4. The van der Waals surface area contributed by atoms with Crippen LogP contribution in [0.15, 0.2) is 5.38 Å². The Morgan fingerprint density at radius 2 is 2.24 bits per heavy atom. The number of piperazine rings is 1. The fourth-order valence-electron chi connectivity index (χ4n) is 3.35. The Kier molecular flexibility index (Phi) is 3.35. The molecular formula is C14H19N5S2. The Bertz CT molecular complexity index is 650. The summed E-state index contributed by atoms with van der Waals surface area (Å²) in [6.45, 7) is 6.60. The molecule has 4 heterocycles. The standard InChI is InChI=1S/C14H19N5S2/c1-9-8-20-13(16-9)11-12(15)17-21-14(11)19-6-5-18-4-2-3-10(18)7-19/h8,10H,2-7H2,1H3,(H2,15,17). The van der Waals surface area contributed by atoms with Gasteiger partial charge >= 0.3 is 0 Å². The summed E-state index contributed by atoms with van der Waals surface area (Å²) >= 11 is 3.18. The number of hydrogen-bond acceptors (Lipinski definition) is 7. The van der Waals surface area contributed by atoms with Gasteiger partial charge in [-0.25, -0.2) is 4.98 Å². The Labute approximate surface area is 132 Å². The molecule has 2 saturated heterocycles. The predicted octanol–water partition coefficient (Wildman–Crippen LogP) is 2.44. The van der Waals surface area contributed by atoms with Crippen LogP contribution >= 0.6 is 22.9 Å². The molecule has 2 N–H and O–H groups in total. The molecule has 0 amide bonds. The van der Waals surface area contributed by atoms with Crippen molar-refractivity contribution >= 4 is 33.7 Å². The van der Waals surface area contributed by atoms with E-state index in [0.717, 1.165) is 35.9 Å². The summed E-state index contributed by atoms with van der Waals surface area (Å²) < 4.78 is 4.39. The number of nitrogens with two attached hydrogens (primary N) is 1. The molecule has 2 aliphatic rings. The van der Waals surface area contributed by atoms with Crippen LogP contribution in [0.3, 0.4) is 0 Å². The fraction of sp³-hybridized carbons (Fsp3) is 0.571. The van der Waals surface area contributed by atoms with E-state index in [4.69, 9.17) is 5.73 Å². The van der Waals surface area contributed by atoms with Gasteiger partial charge in [-0.05, 0) is 37.8 Å². The Morgan fingerprint density at radius 3 is 3.05 bits per heavy atom. The number of anilines is 2. The maximum atomic E-state index is 6.13. The number of aromatic nitrogens is 2. The predicted molar refractivity (Wildman–Crippen MR) is 89.2 cm³/mol. The van der Waals surface area contributed by atoms with Gasteiger partial charge in [0.05, 0.1) is 5.56 Å². The van der Waals surface area contributed by atoms with Gasteiger partial charge in [-0.1, -0.05) is 0 Å². The second-order valence-electron chi connectivity index (χ2n) is 5.82. The molecule has 112 valence electrons. The highest BCUT2D eigenvalue weighted by atomic mass is 32.1. The molecule has 0 spiro atoms. The number of aryl methyl sites for hydroxylation is 1. The first-order valence-corrected chi connectivity index (χ1v) is 9.04. The SMILES string of the molecule is Cc1csc(-c2c(N)nsc2N2CCN3CCCC3C2)n1. The highest BCUT2D eigenvalue weighted by molar-refractivity contribution is 7.15. The van der Waals surface area contributed by atoms with Gasteiger partial charge in [0, 0.05) is 36.8 Å². The quantitative estimate of drug-likeness (QED) is 0.920. The Morgan fingerprint density at radius 1 is 1.33 bits per heavy atom. The second kappa shape index (κ2) is 5.23. The first-order chi connectivity index (χ1) is 10.2. The van der Waals surface area contributed by atoms with Crippen molar-refractivity contribution in [1.29, 1.82) is 0 Å². The van der Waals surface area contributed by atoms with Crippen LogP contribution in [0.25, 0.3) is 10.6 Å². The van der Waals surface area contributed by atoms with Crippen molar-refractivity contribution in [3.05, 3.63) is 11.1 Å². The van der Waals surface area contributed by atoms with Crippen molar-refractivity contribution in [3.63, 3.8) is 0 Å². The minimum Gasteiger partial charge on any atom is -0.382 e. The van der Waals surface area contributed by atoms with Gasteiger partial charge in [-0.15, -0.1) is 11.3 Å². The number of rotatable bonds is 2. The zero-order chi connectivity index (χ0) is 14.4. The molecule has 4 rings (SSSR count). The molecule has 0 saturated carbocycles. The molecule has 21 heavy (non-hydrogen) atoms. The summed E-state index contributed by atoms with van der Waals surface area (Å²) in [4.78, 5) is 9.69. The zero-order valence-electron chi connectivity index (χ0n) is 12.1. The van der Waals surface area contributed by atoms with E-state index in [0.29, 0.717) is 11.9 Å². The molecule has 0 aromatic carbocycles. The van der Waals surface area contributed by atoms with Crippen LogP contribution in [0.4, 0.5) is 10.8 Å². The Balaban J connectivity index is 1.66. The van der Waals surface area contributed by atoms with Crippen molar-refractivity contribution in [2.45, 2.75) is 25.8 Å². The molecule has 2 aromatic heterocycles. The summed E-state index contributed by atoms with van der Waals surface area (Å²) in [6, 6.07) is 0.702. The number of nitrogen functional groups attached to an aromatic ring is 1. The third-order valence-corrected chi connectivity index (χ3v) is 6.31. The summed E-state index contributed by atoms with van der Waals surface area (Å²) in [7, 11) is 0. The maximum Gasteiger partial charge on any atom is 0.149 e. The van der Waals surface area contributed by atoms with Gasteiger partial charge in [-0.3, -0.25) is 4.90 Å². The van der Waals surface area contributed by atoms with Crippen LogP contribution in [0, 0.1) is 6.92 Å². The molecule has 2 aromatic rings. The van der Waals surface area contributed by atoms with E-state index < -0.39 is 0 Å². The first-order valence-electron chi connectivity index (χ1n) is 7.39. The minimum absolute atomic E-state index is 0.623. The van der Waals surface area contributed by atoms with Crippen molar-refractivity contribution in [2.24, 2.45) is 0 Å². The van der Waals surface area contributed by atoms with Crippen molar-refractivity contribution < 1.29 is 0 Å². The molecule has 7 heteroatoms. The minimum atomic E-state index is 0.623. The van der Waals surface area contributed by atoms with Gasteiger partial charge in [0.1, 0.15) is 15.8 Å².